The first kappa shape index (κ1) is 9.79. The molecule has 0 aliphatic heterocycles. The second-order valence-electron chi connectivity index (χ2n) is 4.82. The lowest BCUT2D eigenvalue weighted by atomic mass is 9.87. The van der Waals surface area contributed by atoms with Crippen LogP contribution in [0.5, 0.6) is 0 Å². The van der Waals surface area contributed by atoms with Gasteiger partial charge in [-0.3, -0.25) is 4.98 Å². The molecular weight excluding hydrogens is 196 g/mol. The zero-order valence-electron chi connectivity index (χ0n) is 9.48. The molecule has 0 bridgehead atoms. The van der Waals surface area contributed by atoms with Crippen molar-refractivity contribution in [2.45, 2.75) is 31.2 Å². The molecule has 2 aromatic rings. The van der Waals surface area contributed by atoms with E-state index in [1.165, 1.54) is 23.8 Å². The predicted molar refractivity (Wildman–Crippen MR) is 66.3 cm³/mol. The monoisotopic (exact) mass is 212 g/mol. The van der Waals surface area contributed by atoms with E-state index in [2.05, 4.69) is 36.2 Å². The normalized spacial score (nSPS) is 19.6. The third-order valence-corrected chi connectivity index (χ3v) is 3.85. The summed E-state index contributed by atoms with van der Waals surface area (Å²) < 4.78 is 0. The summed E-state index contributed by atoms with van der Waals surface area (Å²) >= 11 is 0. The number of nitrogens with two attached hydrogens (primary N) is 1. The Morgan fingerprint density at radius 1 is 1.25 bits per heavy atom. The van der Waals surface area contributed by atoms with Crippen molar-refractivity contribution in [1.29, 1.82) is 0 Å². The predicted octanol–water partition coefficient (Wildman–Crippen LogP) is 2.61. The lowest BCUT2D eigenvalue weighted by molar-refractivity contribution is 0.560. The van der Waals surface area contributed by atoms with E-state index in [0.717, 1.165) is 5.52 Å². The van der Waals surface area contributed by atoms with Crippen molar-refractivity contribution in [3.05, 3.63) is 42.1 Å². The second-order valence-corrected chi connectivity index (χ2v) is 4.82. The van der Waals surface area contributed by atoms with Crippen LogP contribution in [-0.4, -0.2) is 11.0 Å². The highest BCUT2D eigenvalue weighted by molar-refractivity contribution is 5.83. The number of pyridine rings is 1. The molecule has 1 unspecified atom stereocenters. The molecule has 1 fully saturated rings. The molecule has 2 N–H and O–H groups in total. The molecule has 1 heterocycles. The van der Waals surface area contributed by atoms with Crippen molar-refractivity contribution in [2.24, 2.45) is 5.73 Å². The van der Waals surface area contributed by atoms with Gasteiger partial charge < -0.3 is 5.73 Å². The fourth-order valence-corrected chi connectivity index (χ4v) is 2.63. The molecule has 1 aromatic heterocycles. The number of rotatable bonds is 2. The molecular formula is C14H16N2. The van der Waals surface area contributed by atoms with Gasteiger partial charge in [-0.25, -0.2) is 0 Å². The summed E-state index contributed by atoms with van der Waals surface area (Å²) in [5.41, 5.74) is 8.80. The van der Waals surface area contributed by atoms with Gasteiger partial charge in [-0.05, 0) is 37.5 Å². The van der Waals surface area contributed by atoms with Crippen molar-refractivity contribution in [3.8, 4) is 0 Å². The van der Waals surface area contributed by atoms with E-state index < -0.39 is 0 Å². The minimum absolute atomic E-state index is 0.211. The van der Waals surface area contributed by atoms with Crippen LogP contribution in [0.3, 0.4) is 0 Å². The van der Waals surface area contributed by atoms with E-state index in [1.807, 2.05) is 12.3 Å². The van der Waals surface area contributed by atoms with Crippen molar-refractivity contribution < 1.29 is 0 Å². The molecule has 2 nitrogen and oxygen atoms in total. The summed E-state index contributed by atoms with van der Waals surface area (Å²) in [6, 6.07) is 10.7. The van der Waals surface area contributed by atoms with E-state index in [4.69, 9.17) is 5.73 Å². The number of nitrogens with zero attached hydrogens (tertiary/aromatic N) is 1. The zero-order valence-corrected chi connectivity index (χ0v) is 9.48. The van der Waals surface area contributed by atoms with Gasteiger partial charge in [0, 0.05) is 23.0 Å². The van der Waals surface area contributed by atoms with Crippen LogP contribution in [0.25, 0.3) is 10.9 Å². The van der Waals surface area contributed by atoms with Crippen LogP contribution >= 0.6 is 0 Å². The Labute approximate surface area is 95.5 Å². The van der Waals surface area contributed by atoms with Crippen LogP contribution in [0.15, 0.2) is 36.5 Å². The summed E-state index contributed by atoms with van der Waals surface area (Å²) in [5, 5.41) is 1.26. The molecule has 1 aromatic carbocycles. The first-order chi connectivity index (χ1) is 7.74. The van der Waals surface area contributed by atoms with Gasteiger partial charge in [0.1, 0.15) is 0 Å². The molecule has 1 atom stereocenters. The highest BCUT2D eigenvalue weighted by atomic mass is 14.7. The SMILES string of the molecule is CC(N)C1(c2ccnc3ccccc23)CC1. The van der Waals surface area contributed by atoms with E-state index in [-0.39, 0.29) is 11.5 Å². The molecule has 1 aliphatic rings. The zero-order chi connectivity index (χ0) is 11.2. The largest absolute Gasteiger partial charge is 0.327 e. The van der Waals surface area contributed by atoms with Gasteiger partial charge in [0.05, 0.1) is 5.52 Å². The maximum absolute atomic E-state index is 6.14. The molecule has 82 valence electrons. The molecule has 1 aliphatic carbocycles. The van der Waals surface area contributed by atoms with Crippen LogP contribution in [-0.2, 0) is 5.41 Å². The number of hydrogen-bond acceptors (Lipinski definition) is 2. The van der Waals surface area contributed by atoms with Crippen LogP contribution in [0, 0.1) is 0 Å². The summed E-state index contributed by atoms with van der Waals surface area (Å²) in [4.78, 5) is 4.40. The van der Waals surface area contributed by atoms with Gasteiger partial charge in [0.25, 0.3) is 0 Å². The maximum Gasteiger partial charge on any atom is 0.0704 e. The minimum Gasteiger partial charge on any atom is -0.327 e. The molecule has 0 spiro atoms. The Morgan fingerprint density at radius 3 is 2.69 bits per heavy atom. The molecule has 0 saturated heterocycles. The molecule has 16 heavy (non-hydrogen) atoms. The Kier molecular flexibility index (Phi) is 2.01. The van der Waals surface area contributed by atoms with E-state index in [9.17, 15) is 0 Å². The third kappa shape index (κ3) is 1.26. The third-order valence-electron chi connectivity index (χ3n) is 3.85. The van der Waals surface area contributed by atoms with Gasteiger partial charge in [-0.2, -0.15) is 0 Å². The Hall–Kier alpha value is -1.41. The standard InChI is InChI=1S/C14H16N2/c1-10(15)14(7-8-14)12-6-9-16-13-5-3-2-4-11(12)13/h2-6,9-10H,7-8,15H2,1H3. The molecule has 2 heteroatoms. The number of para-hydroxylation sites is 1. The number of aromatic nitrogens is 1. The topological polar surface area (TPSA) is 38.9 Å². The average Bonchev–Trinajstić information content (AvgIpc) is 3.09. The number of hydrogen-bond donors (Lipinski definition) is 1. The first-order valence-electron chi connectivity index (χ1n) is 5.84. The number of fused-ring (bicyclic) bond motifs is 1. The van der Waals surface area contributed by atoms with Crippen molar-refractivity contribution in [3.63, 3.8) is 0 Å². The van der Waals surface area contributed by atoms with Gasteiger partial charge in [0.15, 0.2) is 0 Å². The summed E-state index contributed by atoms with van der Waals surface area (Å²) in [6.07, 6.45) is 4.32. The van der Waals surface area contributed by atoms with Crippen LogP contribution in [0.2, 0.25) is 0 Å². The lowest BCUT2D eigenvalue weighted by Crippen LogP contribution is -2.31. The van der Waals surface area contributed by atoms with Crippen LogP contribution < -0.4 is 5.73 Å². The Balaban J connectivity index is 2.25. The lowest BCUT2D eigenvalue weighted by Gasteiger charge is -2.21. The second kappa shape index (κ2) is 3.29. The van der Waals surface area contributed by atoms with E-state index in [0.29, 0.717) is 0 Å². The Morgan fingerprint density at radius 2 is 2.00 bits per heavy atom. The van der Waals surface area contributed by atoms with Crippen LogP contribution in [0.4, 0.5) is 0 Å². The van der Waals surface area contributed by atoms with Gasteiger partial charge in [-0.1, -0.05) is 18.2 Å². The number of benzene rings is 1. The maximum atomic E-state index is 6.14. The van der Waals surface area contributed by atoms with E-state index >= 15 is 0 Å². The fourth-order valence-electron chi connectivity index (χ4n) is 2.63. The minimum atomic E-state index is 0.211. The van der Waals surface area contributed by atoms with Gasteiger partial charge >= 0.3 is 0 Å². The van der Waals surface area contributed by atoms with Crippen molar-refractivity contribution in [2.75, 3.05) is 0 Å². The van der Waals surface area contributed by atoms with Crippen LogP contribution in [0.1, 0.15) is 25.3 Å². The van der Waals surface area contributed by atoms with Crippen molar-refractivity contribution in [1.82, 2.24) is 4.98 Å². The van der Waals surface area contributed by atoms with Gasteiger partial charge in [-0.15, -0.1) is 0 Å². The van der Waals surface area contributed by atoms with Gasteiger partial charge in [0.2, 0.25) is 0 Å². The highest BCUT2D eigenvalue weighted by Gasteiger charge is 2.48. The highest BCUT2D eigenvalue weighted by Crippen LogP contribution is 2.51. The summed E-state index contributed by atoms with van der Waals surface area (Å²) in [6.45, 7) is 2.11. The molecule has 0 amide bonds. The average molecular weight is 212 g/mol. The molecule has 0 radical (unpaired) electrons. The van der Waals surface area contributed by atoms with E-state index in [1.54, 1.807) is 0 Å². The van der Waals surface area contributed by atoms with Crippen molar-refractivity contribution >= 4 is 10.9 Å². The molecule has 1 saturated carbocycles. The summed E-state index contributed by atoms with van der Waals surface area (Å²) in [5.74, 6) is 0. The first-order valence-corrected chi connectivity index (χ1v) is 5.84. The summed E-state index contributed by atoms with van der Waals surface area (Å²) in [7, 11) is 0. The quantitative estimate of drug-likeness (QED) is 0.831. The molecule has 3 rings (SSSR count). The fraction of sp³-hybridized carbons (Fsp3) is 0.357. The smallest absolute Gasteiger partial charge is 0.0704 e. The Bertz CT molecular complexity index is 522.